The molecular weight excluding hydrogens is 272 g/mol. The van der Waals surface area contributed by atoms with Gasteiger partial charge in [-0.3, -0.25) is 0 Å². The van der Waals surface area contributed by atoms with Crippen LogP contribution in [0.4, 0.5) is 0 Å². The average molecular weight is 292 g/mol. The van der Waals surface area contributed by atoms with Crippen LogP contribution in [0.2, 0.25) is 0 Å². The molecule has 0 amide bonds. The predicted molar refractivity (Wildman–Crippen MR) is 77.6 cm³/mol. The maximum absolute atomic E-state index is 12.5. The van der Waals surface area contributed by atoms with Gasteiger partial charge >= 0.3 is 0 Å². The van der Waals surface area contributed by atoms with Gasteiger partial charge in [0.2, 0.25) is 10.0 Å². The Morgan fingerprint density at radius 1 is 1.40 bits per heavy atom. The minimum Gasteiger partial charge on any atom is -0.208 e. The molecule has 2 rings (SSSR count). The van der Waals surface area contributed by atoms with Crippen LogP contribution in [0.25, 0.3) is 0 Å². The summed E-state index contributed by atoms with van der Waals surface area (Å²) < 4.78 is 27.9. The molecule has 1 aromatic rings. The number of nitriles is 1. The van der Waals surface area contributed by atoms with Gasteiger partial charge in [-0.05, 0) is 42.9 Å². The van der Waals surface area contributed by atoms with Crippen LogP contribution in [-0.4, -0.2) is 14.5 Å². The molecule has 4 nitrogen and oxygen atoms in total. The smallest absolute Gasteiger partial charge is 0.208 e. The molecular formula is C15H20N2O2S. The molecule has 1 unspecified atom stereocenters. The minimum atomic E-state index is -3.58. The summed E-state index contributed by atoms with van der Waals surface area (Å²) in [5.41, 5.74) is 1.00. The average Bonchev–Trinajstić information content (AvgIpc) is 2.68. The van der Waals surface area contributed by atoms with Gasteiger partial charge in [0.25, 0.3) is 0 Å². The van der Waals surface area contributed by atoms with Crippen molar-refractivity contribution in [3.63, 3.8) is 0 Å². The number of hydrogen-bond acceptors (Lipinski definition) is 3. The molecule has 1 aromatic carbocycles. The van der Waals surface area contributed by atoms with Crippen molar-refractivity contribution in [2.24, 2.45) is 5.41 Å². The number of rotatable bonds is 3. The summed E-state index contributed by atoms with van der Waals surface area (Å²) in [7, 11) is -3.58. The van der Waals surface area contributed by atoms with Crippen LogP contribution in [0.5, 0.6) is 0 Å². The second kappa shape index (κ2) is 5.19. The van der Waals surface area contributed by atoms with Gasteiger partial charge in [0.15, 0.2) is 0 Å². The standard InChI is InChI=1S/C15H20N2O2S/c1-11-6-7-12(10-16)9-13(11)20(18,19)17-14-5-4-8-15(14,2)3/h6-7,9,14,17H,4-5,8H2,1-3H3. The summed E-state index contributed by atoms with van der Waals surface area (Å²) in [6.07, 6.45) is 2.93. The monoisotopic (exact) mass is 292 g/mol. The lowest BCUT2D eigenvalue weighted by Gasteiger charge is -2.27. The molecule has 0 bridgehead atoms. The maximum atomic E-state index is 12.5. The fourth-order valence-electron chi connectivity index (χ4n) is 2.76. The zero-order valence-corrected chi connectivity index (χ0v) is 12.9. The lowest BCUT2D eigenvalue weighted by Crippen LogP contribution is -2.41. The van der Waals surface area contributed by atoms with E-state index in [2.05, 4.69) is 18.6 Å². The van der Waals surface area contributed by atoms with E-state index >= 15 is 0 Å². The summed E-state index contributed by atoms with van der Waals surface area (Å²) in [6.45, 7) is 5.92. The highest BCUT2D eigenvalue weighted by atomic mass is 32.2. The Balaban J connectivity index is 2.34. The highest BCUT2D eigenvalue weighted by molar-refractivity contribution is 7.89. The molecule has 1 atom stereocenters. The van der Waals surface area contributed by atoms with Crippen LogP contribution in [0.1, 0.15) is 44.2 Å². The number of nitrogens with one attached hydrogen (secondary N) is 1. The fraction of sp³-hybridized carbons (Fsp3) is 0.533. The van der Waals surface area contributed by atoms with Crippen molar-refractivity contribution in [1.82, 2.24) is 4.72 Å². The first kappa shape index (κ1) is 15.0. The van der Waals surface area contributed by atoms with Crippen LogP contribution >= 0.6 is 0 Å². The molecule has 1 fully saturated rings. The van der Waals surface area contributed by atoms with E-state index in [1.54, 1.807) is 19.1 Å². The van der Waals surface area contributed by atoms with Crippen molar-refractivity contribution < 1.29 is 8.42 Å². The van der Waals surface area contributed by atoms with Crippen molar-refractivity contribution >= 4 is 10.0 Å². The third-order valence-corrected chi connectivity index (χ3v) is 5.78. The summed E-state index contributed by atoms with van der Waals surface area (Å²) in [6, 6.07) is 6.69. The molecule has 0 aliphatic heterocycles. The topological polar surface area (TPSA) is 70.0 Å². The lowest BCUT2D eigenvalue weighted by atomic mass is 9.88. The molecule has 0 aromatic heterocycles. The Morgan fingerprint density at radius 2 is 2.10 bits per heavy atom. The number of nitrogens with zero attached hydrogens (tertiary/aromatic N) is 1. The van der Waals surface area contributed by atoms with Gasteiger partial charge in [-0.25, -0.2) is 13.1 Å². The number of aryl methyl sites for hydroxylation is 1. The third kappa shape index (κ3) is 2.87. The fourth-order valence-corrected chi connectivity index (χ4v) is 4.47. The molecule has 0 heterocycles. The van der Waals surface area contributed by atoms with E-state index in [1.165, 1.54) is 6.07 Å². The summed E-state index contributed by atoms with van der Waals surface area (Å²) in [5, 5.41) is 8.92. The summed E-state index contributed by atoms with van der Waals surface area (Å²) in [4.78, 5) is 0.208. The highest BCUT2D eigenvalue weighted by Gasteiger charge is 2.37. The van der Waals surface area contributed by atoms with Crippen LogP contribution in [0.3, 0.4) is 0 Å². The Kier molecular flexibility index (Phi) is 3.90. The van der Waals surface area contributed by atoms with E-state index in [-0.39, 0.29) is 16.4 Å². The summed E-state index contributed by atoms with van der Waals surface area (Å²) >= 11 is 0. The molecule has 0 spiro atoms. The van der Waals surface area contributed by atoms with Crippen LogP contribution in [0.15, 0.2) is 23.1 Å². The van der Waals surface area contributed by atoms with E-state index in [1.807, 2.05) is 6.07 Å². The Labute approximate surface area is 120 Å². The summed E-state index contributed by atoms with van der Waals surface area (Å²) in [5.74, 6) is 0. The molecule has 0 radical (unpaired) electrons. The van der Waals surface area contributed by atoms with Gasteiger partial charge in [-0.15, -0.1) is 0 Å². The molecule has 1 aliphatic rings. The molecule has 108 valence electrons. The van der Waals surface area contributed by atoms with Gasteiger partial charge in [0.05, 0.1) is 16.5 Å². The second-order valence-electron chi connectivity index (χ2n) is 6.15. The molecule has 0 saturated heterocycles. The second-order valence-corrected chi connectivity index (χ2v) is 7.83. The first-order valence-electron chi connectivity index (χ1n) is 6.79. The van der Waals surface area contributed by atoms with Crippen molar-refractivity contribution in [3.05, 3.63) is 29.3 Å². The van der Waals surface area contributed by atoms with Crippen molar-refractivity contribution in [2.45, 2.75) is 51.0 Å². The van der Waals surface area contributed by atoms with Crippen molar-refractivity contribution in [1.29, 1.82) is 5.26 Å². The molecule has 1 saturated carbocycles. The van der Waals surface area contributed by atoms with Crippen molar-refractivity contribution in [3.8, 4) is 6.07 Å². The van der Waals surface area contributed by atoms with Crippen LogP contribution < -0.4 is 4.72 Å². The van der Waals surface area contributed by atoms with Gasteiger partial charge < -0.3 is 0 Å². The predicted octanol–water partition coefficient (Wildman–Crippen LogP) is 2.72. The van der Waals surface area contributed by atoms with Gasteiger partial charge in [0.1, 0.15) is 0 Å². The van der Waals surface area contributed by atoms with Gasteiger partial charge in [-0.2, -0.15) is 5.26 Å². The van der Waals surface area contributed by atoms with E-state index in [0.717, 1.165) is 19.3 Å². The quantitative estimate of drug-likeness (QED) is 0.931. The Morgan fingerprint density at radius 3 is 2.65 bits per heavy atom. The normalized spacial score (nSPS) is 21.6. The van der Waals surface area contributed by atoms with Crippen LogP contribution in [-0.2, 0) is 10.0 Å². The van der Waals surface area contributed by atoms with E-state index in [4.69, 9.17) is 5.26 Å². The number of hydrogen-bond donors (Lipinski definition) is 1. The Hall–Kier alpha value is -1.38. The van der Waals surface area contributed by atoms with Gasteiger partial charge in [0, 0.05) is 6.04 Å². The zero-order chi connectivity index (χ0) is 15.0. The molecule has 20 heavy (non-hydrogen) atoms. The van der Waals surface area contributed by atoms with Crippen molar-refractivity contribution in [2.75, 3.05) is 0 Å². The minimum absolute atomic E-state index is 0.0200. The Bertz CT molecular complexity index is 657. The van der Waals surface area contributed by atoms with E-state index in [9.17, 15) is 8.42 Å². The third-order valence-electron chi connectivity index (χ3n) is 4.16. The molecule has 1 aliphatic carbocycles. The SMILES string of the molecule is Cc1ccc(C#N)cc1S(=O)(=O)NC1CCCC1(C)C. The van der Waals surface area contributed by atoms with Crippen LogP contribution in [0, 0.1) is 23.7 Å². The number of sulfonamides is 1. The van der Waals surface area contributed by atoms with Gasteiger partial charge in [-0.1, -0.05) is 26.3 Å². The molecule has 1 N–H and O–H groups in total. The first-order chi connectivity index (χ1) is 9.26. The largest absolute Gasteiger partial charge is 0.241 e. The van der Waals surface area contributed by atoms with E-state index in [0.29, 0.717) is 11.1 Å². The highest BCUT2D eigenvalue weighted by Crippen LogP contribution is 2.38. The van der Waals surface area contributed by atoms with E-state index < -0.39 is 10.0 Å². The number of benzene rings is 1. The molecule has 5 heteroatoms. The maximum Gasteiger partial charge on any atom is 0.241 e. The first-order valence-corrected chi connectivity index (χ1v) is 8.28. The zero-order valence-electron chi connectivity index (χ0n) is 12.1. The lowest BCUT2D eigenvalue weighted by molar-refractivity contribution is 0.313.